The van der Waals surface area contributed by atoms with Gasteiger partial charge in [0, 0.05) is 50.7 Å². The molecule has 2 atom stereocenters. The zero-order valence-electron chi connectivity index (χ0n) is 14.5. The SMILES string of the molecule is O=S1(=O)C[C@@H]2[C@H](C1)N(Cc1cccc(O)c1)CCN2Cc1ccncc1. The Labute approximate surface area is 154 Å². The zero-order valence-corrected chi connectivity index (χ0v) is 15.3. The molecular formula is C19H23N3O3S. The molecule has 0 saturated carbocycles. The van der Waals surface area contributed by atoms with Crippen molar-refractivity contribution in [2.75, 3.05) is 24.6 Å². The van der Waals surface area contributed by atoms with Gasteiger partial charge in [-0.1, -0.05) is 12.1 Å². The number of phenolic OH excluding ortho intramolecular Hbond substituents is 1. The average molecular weight is 373 g/mol. The maximum atomic E-state index is 12.3. The zero-order chi connectivity index (χ0) is 18.1. The highest BCUT2D eigenvalue weighted by Crippen LogP contribution is 2.29. The first-order valence-corrected chi connectivity index (χ1v) is 10.7. The van der Waals surface area contributed by atoms with Crippen LogP contribution in [-0.2, 0) is 22.9 Å². The highest BCUT2D eigenvalue weighted by molar-refractivity contribution is 7.91. The molecule has 0 amide bonds. The quantitative estimate of drug-likeness (QED) is 0.870. The molecule has 138 valence electrons. The van der Waals surface area contributed by atoms with Gasteiger partial charge in [-0.25, -0.2) is 8.42 Å². The summed E-state index contributed by atoms with van der Waals surface area (Å²) in [6, 6.07) is 11.2. The molecule has 4 rings (SSSR count). The van der Waals surface area contributed by atoms with Crippen LogP contribution >= 0.6 is 0 Å². The molecule has 2 saturated heterocycles. The summed E-state index contributed by atoms with van der Waals surface area (Å²) in [5.74, 6) is 0.678. The van der Waals surface area contributed by atoms with Crippen molar-refractivity contribution in [1.29, 1.82) is 0 Å². The Morgan fingerprint density at radius 1 is 0.962 bits per heavy atom. The van der Waals surface area contributed by atoms with Crippen LogP contribution in [0.4, 0.5) is 0 Å². The van der Waals surface area contributed by atoms with Gasteiger partial charge in [0.2, 0.25) is 0 Å². The second-order valence-electron chi connectivity index (χ2n) is 7.18. The maximum Gasteiger partial charge on any atom is 0.153 e. The first-order chi connectivity index (χ1) is 12.5. The lowest BCUT2D eigenvalue weighted by Gasteiger charge is -2.44. The van der Waals surface area contributed by atoms with Crippen molar-refractivity contribution < 1.29 is 13.5 Å². The molecule has 3 heterocycles. The predicted octanol–water partition coefficient (Wildman–Crippen LogP) is 1.27. The topological polar surface area (TPSA) is 73.7 Å². The van der Waals surface area contributed by atoms with Crippen molar-refractivity contribution >= 4 is 9.84 Å². The van der Waals surface area contributed by atoms with Crippen LogP contribution in [0.15, 0.2) is 48.8 Å². The molecule has 6 nitrogen and oxygen atoms in total. The molecule has 0 bridgehead atoms. The molecule has 0 radical (unpaired) electrons. The van der Waals surface area contributed by atoms with E-state index in [1.54, 1.807) is 24.5 Å². The van der Waals surface area contributed by atoms with Crippen LogP contribution in [-0.4, -0.2) is 65.0 Å². The lowest BCUT2D eigenvalue weighted by molar-refractivity contribution is 0.0354. The van der Waals surface area contributed by atoms with Crippen LogP contribution in [0.25, 0.3) is 0 Å². The highest BCUT2D eigenvalue weighted by Gasteiger charge is 2.46. The average Bonchev–Trinajstić information content (AvgIpc) is 2.94. The Balaban J connectivity index is 1.54. The molecule has 2 aromatic rings. The molecule has 26 heavy (non-hydrogen) atoms. The number of benzene rings is 1. The van der Waals surface area contributed by atoms with Crippen molar-refractivity contribution in [2.45, 2.75) is 25.2 Å². The molecule has 2 aliphatic heterocycles. The second kappa shape index (κ2) is 6.98. The third-order valence-corrected chi connectivity index (χ3v) is 7.04. The summed E-state index contributed by atoms with van der Waals surface area (Å²) in [7, 11) is -3.03. The molecule has 0 unspecified atom stereocenters. The van der Waals surface area contributed by atoms with E-state index in [9.17, 15) is 13.5 Å². The number of pyridine rings is 1. The normalized spacial score (nSPS) is 25.8. The van der Waals surface area contributed by atoms with Crippen LogP contribution in [0, 0.1) is 0 Å². The van der Waals surface area contributed by atoms with Gasteiger partial charge in [0.1, 0.15) is 5.75 Å². The Morgan fingerprint density at radius 2 is 1.58 bits per heavy atom. The highest BCUT2D eigenvalue weighted by atomic mass is 32.2. The van der Waals surface area contributed by atoms with E-state index in [-0.39, 0.29) is 29.3 Å². The number of aromatic hydroxyl groups is 1. The maximum absolute atomic E-state index is 12.3. The third kappa shape index (κ3) is 3.75. The number of fused-ring (bicyclic) bond motifs is 1. The number of phenols is 1. The number of hydrogen-bond acceptors (Lipinski definition) is 6. The lowest BCUT2D eigenvalue weighted by Crippen LogP contribution is -2.58. The molecule has 7 heteroatoms. The first-order valence-electron chi connectivity index (χ1n) is 8.85. The van der Waals surface area contributed by atoms with Gasteiger partial charge in [-0.05, 0) is 35.4 Å². The number of sulfone groups is 1. The van der Waals surface area contributed by atoms with Crippen molar-refractivity contribution in [2.24, 2.45) is 0 Å². The predicted molar refractivity (Wildman–Crippen MR) is 99.4 cm³/mol. The minimum absolute atomic E-state index is 0.00191. The summed E-state index contributed by atoms with van der Waals surface area (Å²) < 4.78 is 24.7. The number of piperazine rings is 1. The standard InChI is InChI=1S/C19H23N3O3S/c23-17-3-1-2-16(10-17)12-22-9-8-21(11-15-4-6-20-7-5-15)18-13-26(24,25)14-19(18)22/h1-7,10,18-19,23H,8-9,11-14H2/t18-,19+/m1/s1. The molecule has 2 fully saturated rings. The van der Waals surface area contributed by atoms with Gasteiger partial charge in [-0.2, -0.15) is 0 Å². The van der Waals surface area contributed by atoms with E-state index >= 15 is 0 Å². The molecule has 2 aliphatic rings. The smallest absolute Gasteiger partial charge is 0.153 e. The minimum atomic E-state index is -3.03. The number of nitrogens with zero attached hydrogens (tertiary/aromatic N) is 3. The Hall–Kier alpha value is -1.96. The Bertz CT molecular complexity index is 873. The van der Waals surface area contributed by atoms with Crippen LogP contribution in [0.5, 0.6) is 5.75 Å². The van der Waals surface area contributed by atoms with Gasteiger partial charge < -0.3 is 5.11 Å². The van der Waals surface area contributed by atoms with Crippen molar-refractivity contribution in [3.8, 4) is 5.75 Å². The van der Waals surface area contributed by atoms with Gasteiger partial charge in [-0.3, -0.25) is 14.8 Å². The summed E-state index contributed by atoms with van der Waals surface area (Å²) in [5.41, 5.74) is 2.17. The van der Waals surface area contributed by atoms with E-state index in [0.717, 1.165) is 30.8 Å². The molecular weight excluding hydrogens is 350 g/mol. The van der Waals surface area contributed by atoms with E-state index in [4.69, 9.17) is 0 Å². The van der Waals surface area contributed by atoms with Crippen molar-refractivity contribution in [1.82, 2.24) is 14.8 Å². The summed E-state index contributed by atoms with van der Waals surface area (Å²) in [5, 5.41) is 9.69. The molecule has 0 spiro atoms. The summed E-state index contributed by atoms with van der Waals surface area (Å²) in [6.45, 7) is 3.06. The largest absolute Gasteiger partial charge is 0.508 e. The Kier molecular flexibility index (Phi) is 4.69. The fourth-order valence-electron chi connectivity index (χ4n) is 4.10. The molecule has 0 aliphatic carbocycles. The van der Waals surface area contributed by atoms with Gasteiger partial charge in [-0.15, -0.1) is 0 Å². The number of hydrogen-bond donors (Lipinski definition) is 1. The van der Waals surface area contributed by atoms with E-state index in [1.165, 1.54) is 0 Å². The van der Waals surface area contributed by atoms with Crippen LogP contribution in [0.3, 0.4) is 0 Å². The molecule has 1 N–H and O–H groups in total. The first kappa shape index (κ1) is 17.5. The summed E-state index contributed by atoms with van der Waals surface area (Å²) in [4.78, 5) is 8.60. The van der Waals surface area contributed by atoms with Crippen molar-refractivity contribution in [3.63, 3.8) is 0 Å². The van der Waals surface area contributed by atoms with E-state index < -0.39 is 9.84 Å². The van der Waals surface area contributed by atoms with E-state index in [1.807, 2.05) is 24.3 Å². The van der Waals surface area contributed by atoms with Gasteiger partial charge in [0.25, 0.3) is 0 Å². The van der Waals surface area contributed by atoms with Gasteiger partial charge in [0.05, 0.1) is 11.5 Å². The lowest BCUT2D eigenvalue weighted by atomic mass is 10.0. The van der Waals surface area contributed by atoms with Crippen LogP contribution < -0.4 is 0 Å². The number of rotatable bonds is 4. The summed E-state index contributed by atoms with van der Waals surface area (Å²) in [6.07, 6.45) is 3.55. The number of aromatic nitrogens is 1. The van der Waals surface area contributed by atoms with Gasteiger partial charge >= 0.3 is 0 Å². The fraction of sp³-hybridized carbons (Fsp3) is 0.421. The third-order valence-electron chi connectivity index (χ3n) is 5.34. The molecule has 1 aromatic heterocycles. The van der Waals surface area contributed by atoms with E-state index in [2.05, 4.69) is 14.8 Å². The van der Waals surface area contributed by atoms with Gasteiger partial charge in [0.15, 0.2) is 9.84 Å². The monoisotopic (exact) mass is 373 g/mol. The second-order valence-corrected chi connectivity index (χ2v) is 9.33. The fourth-order valence-corrected chi connectivity index (χ4v) is 6.14. The minimum Gasteiger partial charge on any atom is -0.508 e. The Morgan fingerprint density at radius 3 is 2.19 bits per heavy atom. The van der Waals surface area contributed by atoms with E-state index in [0.29, 0.717) is 6.54 Å². The summed E-state index contributed by atoms with van der Waals surface area (Å²) >= 11 is 0. The van der Waals surface area contributed by atoms with Crippen molar-refractivity contribution in [3.05, 3.63) is 59.9 Å². The van der Waals surface area contributed by atoms with Crippen LogP contribution in [0.1, 0.15) is 11.1 Å². The molecule has 1 aromatic carbocycles. The van der Waals surface area contributed by atoms with Crippen LogP contribution in [0.2, 0.25) is 0 Å².